The molecule has 0 atom stereocenters. The summed E-state index contributed by atoms with van der Waals surface area (Å²) in [5.74, 6) is 0.899. The molecule has 26 heavy (non-hydrogen) atoms. The van der Waals surface area contributed by atoms with Crippen LogP contribution in [0.2, 0.25) is 0 Å². The van der Waals surface area contributed by atoms with Crippen LogP contribution in [0.1, 0.15) is 25.5 Å². The molecule has 132 valence electrons. The second-order valence-corrected chi connectivity index (χ2v) is 6.45. The zero-order valence-corrected chi connectivity index (χ0v) is 15.0. The van der Waals surface area contributed by atoms with Crippen molar-refractivity contribution < 1.29 is 4.74 Å². The Balaban J connectivity index is 1.67. The molecule has 4 rings (SSSR count). The number of fused-ring (bicyclic) bond motifs is 3. The van der Waals surface area contributed by atoms with Crippen molar-refractivity contribution in [2.75, 3.05) is 11.9 Å². The van der Waals surface area contributed by atoms with Crippen LogP contribution in [0.3, 0.4) is 0 Å². The standard InChI is InChI=1S/C21H22N4O/c1-3-4-11-26-16-7-5-15(6-8-16)25-19-12-14(2)24-17-9-10-18-21(20(17)19)23-13-22-18/h5-10,12-13,24-25H,3-4,11H2,1-2H3. The SMILES string of the molecule is CCCCOc1ccc(Nc2cc(C)[nH]c3ccc4ncnc4c23)cc1. The Hall–Kier alpha value is -3.08. The average Bonchev–Trinajstić information content (AvgIpc) is 3.11. The first-order valence-corrected chi connectivity index (χ1v) is 8.97. The summed E-state index contributed by atoms with van der Waals surface area (Å²) in [6, 6.07) is 14.2. The van der Waals surface area contributed by atoms with E-state index in [1.807, 2.05) is 30.3 Å². The molecule has 0 aliphatic carbocycles. The summed E-state index contributed by atoms with van der Waals surface area (Å²) in [6.45, 7) is 4.97. The quantitative estimate of drug-likeness (QED) is 0.462. The number of ether oxygens (including phenoxy) is 1. The van der Waals surface area contributed by atoms with Gasteiger partial charge in [-0.05, 0) is 55.8 Å². The van der Waals surface area contributed by atoms with Gasteiger partial charge >= 0.3 is 0 Å². The number of aromatic amines is 1. The molecule has 0 radical (unpaired) electrons. The number of unbranched alkanes of at least 4 members (excludes halogenated alkanes) is 1. The Kier molecular flexibility index (Phi) is 4.44. The highest BCUT2D eigenvalue weighted by molar-refractivity contribution is 6.10. The van der Waals surface area contributed by atoms with Crippen molar-refractivity contribution in [2.24, 2.45) is 0 Å². The van der Waals surface area contributed by atoms with Gasteiger partial charge in [-0.2, -0.15) is 0 Å². The minimum atomic E-state index is 0.759. The van der Waals surface area contributed by atoms with E-state index in [1.54, 1.807) is 6.33 Å². The predicted molar refractivity (Wildman–Crippen MR) is 106 cm³/mol. The number of rotatable bonds is 6. The number of aromatic nitrogens is 3. The fraction of sp³-hybridized carbons (Fsp3) is 0.238. The van der Waals surface area contributed by atoms with Gasteiger partial charge in [0.1, 0.15) is 17.6 Å². The Morgan fingerprint density at radius 2 is 1.92 bits per heavy atom. The van der Waals surface area contributed by atoms with E-state index in [2.05, 4.69) is 46.2 Å². The Labute approximate surface area is 152 Å². The monoisotopic (exact) mass is 346 g/mol. The summed E-state index contributed by atoms with van der Waals surface area (Å²) in [5, 5.41) is 4.57. The van der Waals surface area contributed by atoms with E-state index in [4.69, 9.17) is 4.74 Å². The highest BCUT2D eigenvalue weighted by Crippen LogP contribution is 2.31. The van der Waals surface area contributed by atoms with Crippen molar-refractivity contribution in [1.29, 1.82) is 0 Å². The summed E-state index contributed by atoms with van der Waals surface area (Å²) < 4.78 is 5.74. The van der Waals surface area contributed by atoms with Crippen molar-refractivity contribution in [2.45, 2.75) is 26.7 Å². The molecule has 0 aliphatic rings. The van der Waals surface area contributed by atoms with E-state index in [9.17, 15) is 0 Å². The van der Waals surface area contributed by atoms with Gasteiger partial charge in [0.05, 0.1) is 17.8 Å². The summed E-state index contributed by atoms with van der Waals surface area (Å²) in [7, 11) is 0. The molecule has 0 spiro atoms. The maximum Gasteiger partial charge on any atom is 0.119 e. The smallest absolute Gasteiger partial charge is 0.119 e. The molecule has 0 saturated carbocycles. The average molecular weight is 346 g/mol. The molecule has 2 N–H and O–H groups in total. The number of pyridine rings is 1. The Morgan fingerprint density at radius 1 is 1.08 bits per heavy atom. The van der Waals surface area contributed by atoms with E-state index in [1.165, 1.54) is 0 Å². The normalized spacial score (nSPS) is 11.2. The first kappa shape index (κ1) is 16.4. The maximum atomic E-state index is 5.74. The minimum Gasteiger partial charge on any atom is -0.494 e. The second-order valence-electron chi connectivity index (χ2n) is 6.45. The molecule has 0 aliphatic heterocycles. The third kappa shape index (κ3) is 3.20. The van der Waals surface area contributed by atoms with E-state index >= 15 is 0 Å². The predicted octanol–water partition coefficient (Wildman–Crippen LogP) is 5.34. The molecule has 4 aromatic rings. The first-order chi connectivity index (χ1) is 12.7. The second kappa shape index (κ2) is 7.04. The highest BCUT2D eigenvalue weighted by Gasteiger charge is 2.10. The number of aryl methyl sites for hydroxylation is 1. The molecule has 0 unspecified atom stereocenters. The zero-order chi connectivity index (χ0) is 17.9. The lowest BCUT2D eigenvalue weighted by atomic mass is 10.1. The topological polar surface area (TPSA) is 62.8 Å². The fourth-order valence-electron chi connectivity index (χ4n) is 3.10. The highest BCUT2D eigenvalue weighted by atomic mass is 16.5. The van der Waals surface area contributed by atoms with Gasteiger partial charge in [-0.25, -0.2) is 9.97 Å². The van der Waals surface area contributed by atoms with Crippen LogP contribution in [-0.2, 0) is 0 Å². The third-order valence-corrected chi connectivity index (χ3v) is 4.40. The summed E-state index contributed by atoms with van der Waals surface area (Å²) >= 11 is 0. The van der Waals surface area contributed by atoms with Gasteiger partial charge in [-0.3, -0.25) is 0 Å². The number of anilines is 2. The van der Waals surface area contributed by atoms with Gasteiger partial charge in [0.25, 0.3) is 0 Å². The number of benzene rings is 2. The number of nitrogens with zero attached hydrogens (tertiary/aromatic N) is 2. The van der Waals surface area contributed by atoms with E-state index < -0.39 is 0 Å². The molecular formula is C21H22N4O. The van der Waals surface area contributed by atoms with Crippen molar-refractivity contribution in [1.82, 2.24) is 15.0 Å². The lowest BCUT2D eigenvalue weighted by Gasteiger charge is -2.13. The third-order valence-electron chi connectivity index (χ3n) is 4.40. The molecular weight excluding hydrogens is 324 g/mol. The molecule has 2 heterocycles. The van der Waals surface area contributed by atoms with Gasteiger partial charge in [-0.1, -0.05) is 13.3 Å². The zero-order valence-electron chi connectivity index (χ0n) is 15.0. The molecule has 0 amide bonds. The van der Waals surface area contributed by atoms with Crippen LogP contribution in [0.4, 0.5) is 11.4 Å². The van der Waals surface area contributed by atoms with Gasteiger partial charge < -0.3 is 15.0 Å². The molecule has 5 nitrogen and oxygen atoms in total. The first-order valence-electron chi connectivity index (χ1n) is 8.97. The lowest BCUT2D eigenvalue weighted by molar-refractivity contribution is 0.309. The maximum absolute atomic E-state index is 5.74. The van der Waals surface area contributed by atoms with Gasteiger partial charge in [0.15, 0.2) is 0 Å². The molecule has 0 bridgehead atoms. The molecule has 0 saturated heterocycles. The van der Waals surface area contributed by atoms with Crippen molar-refractivity contribution >= 4 is 33.3 Å². The number of hydrogen-bond donors (Lipinski definition) is 2. The number of H-pyrrole nitrogens is 1. The summed E-state index contributed by atoms with van der Waals surface area (Å²) in [5.41, 5.74) is 5.95. The van der Waals surface area contributed by atoms with Crippen LogP contribution < -0.4 is 10.1 Å². The number of hydrogen-bond acceptors (Lipinski definition) is 4. The lowest BCUT2D eigenvalue weighted by Crippen LogP contribution is -1.97. The van der Waals surface area contributed by atoms with Crippen LogP contribution in [-0.4, -0.2) is 21.6 Å². The van der Waals surface area contributed by atoms with Crippen molar-refractivity contribution in [3.05, 3.63) is 54.5 Å². The Morgan fingerprint density at radius 3 is 2.73 bits per heavy atom. The minimum absolute atomic E-state index is 0.759. The van der Waals surface area contributed by atoms with E-state index in [0.717, 1.165) is 64.2 Å². The molecule has 0 fully saturated rings. The van der Waals surface area contributed by atoms with Gasteiger partial charge in [0.2, 0.25) is 0 Å². The van der Waals surface area contributed by atoms with Crippen LogP contribution in [0.5, 0.6) is 5.75 Å². The largest absolute Gasteiger partial charge is 0.494 e. The fourth-order valence-corrected chi connectivity index (χ4v) is 3.10. The van der Waals surface area contributed by atoms with E-state index in [-0.39, 0.29) is 0 Å². The van der Waals surface area contributed by atoms with Crippen LogP contribution in [0.15, 0.2) is 48.8 Å². The van der Waals surface area contributed by atoms with Crippen LogP contribution in [0.25, 0.3) is 21.9 Å². The van der Waals surface area contributed by atoms with Gasteiger partial charge in [0, 0.05) is 22.3 Å². The van der Waals surface area contributed by atoms with Crippen molar-refractivity contribution in [3.8, 4) is 5.75 Å². The Bertz CT molecular complexity index is 1040. The van der Waals surface area contributed by atoms with E-state index in [0.29, 0.717) is 0 Å². The number of imidazole rings is 1. The summed E-state index contributed by atoms with van der Waals surface area (Å²) in [4.78, 5) is 12.2. The molecule has 2 aromatic carbocycles. The van der Waals surface area contributed by atoms with Gasteiger partial charge in [-0.15, -0.1) is 0 Å². The summed E-state index contributed by atoms with van der Waals surface area (Å²) in [6.07, 6.45) is 3.81. The van der Waals surface area contributed by atoms with Crippen LogP contribution >= 0.6 is 0 Å². The molecule has 5 heteroatoms. The molecule has 2 aromatic heterocycles. The number of nitrogens with one attached hydrogen (secondary N) is 2. The van der Waals surface area contributed by atoms with Crippen LogP contribution in [0, 0.1) is 6.92 Å². The van der Waals surface area contributed by atoms with Crippen molar-refractivity contribution in [3.63, 3.8) is 0 Å².